The van der Waals surface area contributed by atoms with Crippen molar-refractivity contribution in [1.82, 2.24) is 0 Å². The average Bonchev–Trinajstić information content (AvgIpc) is 2.41. The lowest BCUT2D eigenvalue weighted by atomic mass is 9.90. The first-order valence-electron chi connectivity index (χ1n) is 6.86. The zero-order chi connectivity index (χ0) is 12.8. The van der Waals surface area contributed by atoms with Gasteiger partial charge in [-0.2, -0.15) is 0 Å². The van der Waals surface area contributed by atoms with E-state index in [1.165, 1.54) is 36.0 Å². The summed E-state index contributed by atoms with van der Waals surface area (Å²) >= 11 is 0. The van der Waals surface area contributed by atoms with Crippen molar-refractivity contribution in [1.29, 1.82) is 0 Å². The third-order valence-corrected chi connectivity index (χ3v) is 3.51. The zero-order valence-corrected chi connectivity index (χ0v) is 11.4. The Hall–Kier alpha value is -1.56. The Morgan fingerprint density at radius 3 is 2.61 bits per heavy atom. The van der Waals surface area contributed by atoms with Crippen molar-refractivity contribution in [2.24, 2.45) is 5.92 Å². The Bertz CT molecular complexity index is 457. The van der Waals surface area contributed by atoms with Gasteiger partial charge in [0.2, 0.25) is 0 Å². The van der Waals surface area contributed by atoms with Crippen molar-refractivity contribution in [3.63, 3.8) is 0 Å². The molecule has 1 aliphatic rings. The van der Waals surface area contributed by atoms with E-state index in [0.717, 1.165) is 5.92 Å². The monoisotopic (exact) mass is 238 g/mol. The van der Waals surface area contributed by atoms with E-state index in [2.05, 4.69) is 68.5 Å². The maximum Gasteiger partial charge on any atom is -0.0187 e. The highest BCUT2D eigenvalue weighted by molar-refractivity contribution is 5.74. The van der Waals surface area contributed by atoms with E-state index in [1.807, 2.05) is 0 Å². The molecule has 0 saturated carbocycles. The largest absolute Gasteiger partial charge is 0.0917 e. The van der Waals surface area contributed by atoms with E-state index in [1.54, 1.807) is 0 Å². The molecule has 0 radical (unpaired) electrons. The number of benzene rings is 1. The Balaban J connectivity index is 1.95. The van der Waals surface area contributed by atoms with Crippen LogP contribution in [0.4, 0.5) is 0 Å². The molecule has 1 unspecified atom stereocenters. The number of aryl methyl sites for hydroxylation is 1. The molecule has 1 atom stereocenters. The van der Waals surface area contributed by atoms with Crippen LogP contribution in [0.1, 0.15) is 37.3 Å². The van der Waals surface area contributed by atoms with Crippen molar-refractivity contribution in [2.75, 3.05) is 0 Å². The molecule has 18 heavy (non-hydrogen) atoms. The number of hydrogen-bond acceptors (Lipinski definition) is 0. The van der Waals surface area contributed by atoms with Crippen LogP contribution in [-0.4, -0.2) is 0 Å². The van der Waals surface area contributed by atoms with Crippen LogP contribution < -0.4 is 0 Å². The summed E-state index contributed by atoms with van der Waals surface area (Å²) in [7, 11) is 0. The number of rotatable bonds is 4. The lowest BCUT2D eigenvalue weighted by Crippen LogP contribution is -1.99. The van der Waals surface area contributed by atoms with Crippen molar-refractivity contribution >= 4 is 5.57 Å². The third-order valence-electron chi connectivity index (χ3n) is 3.51. The minimum atomic E-state index is 0.718. The summed E-state index contributed by atoms with van der Waals surface area (Å²) in [5, 5.41) is 0. The molecule has 0 amide bonds. The fourth-order valence-corrected chi connectivity index (χ4v) is 2.32. The van der Waals surface area contributed by atoms with Crippen molar-refractivity contribution in [3.8, 4) is 0 Å². The molecule has 1 aromatic carbocycles. The Morgan fingerprint density at radius 2 is 2.00 bits per heavy atom. The molecule has 0 aliphatic heterocycles. The third kappa shape index (κ3) is 3.46. The standard InChI is InChI=1S/C18H22/c1-3-4-5-6-16-9-13-18(14-10-16)17-11-7-15(2)8-12-17/h3-4,7-9,11-14,16H,5-6,10H2,1-2H3/b4-3+. The lowest BCUT2D eigenvalue weighted by molar-refractivity contribution is 0.603. The first-order chi connectivity index (χ1) is 8.79. The Kier molecular flexibility index (Phi) is 4.58. The summed E-state index contributed by atoms with van der Waals surface area (Å²) in [6, 6.07) is 8.79. The maximum atomic E-state index is 2.38. The van der Waals surface area contributed by atoms with Gasteiger partial charge in [-0.3, -0.25) is 0 Å². The lowest BCUT2D eigenvalue weighted by Gasteiger charge is -2.15. The van der Waals surface area contributed by atoms with Gasteiger partial charge in [0.1, 0.15) is 0 Å². The van der Waals surface area contributed by atoms with E-state index in [0.29, 0.717) is 0 Å². The highest BCUT2D eigenvalue weighted by Crippen LogP contribution is 2.26. The van der Waals surface area contributed by atoms with Crippen LogP contribution in [0.15, 0.2) is 54.6 Å². The van der Waals surface area contributed by atoms with Gasteiger partial charge in [0, 0.05) is 0 Å². The predicted octanol–water partition coefficient (Wildman–Crippen LogP) is 5.31. The van der Waals surface area contributed by atoms with Crippen LogP contribution in [0.3, 0.4) is 0 Å². The molecule has 0 heterocycles. The van der Waals surface area contributed by atoms with Crippen molar-refractivity contribution in [2.45, 2.75) is 33.1 Å². The highest BCUT2D eigenvalue weighted by Gasteiger charge is 2.08. The van der Waals surface area contributed by atoms with Crippen LogP contribution in [0.5, 0.6) is 0 Å². The minimum absolute atomic E-state index is 0.718. The molecule has 0 spiro atoms. The molecule has 0 bridgehead atoms. The van der Waals surface area contributed by atoms with Crippen molar-refractivity contribution < 1.29 is 0 Å². The molecule has 0 aromatic heterocycles. The topological polar surface area (TPSA) is 0 Å². The molecule has 0 nitrogen and oxygen atoms in total. The second-order valence-electron chi connectivity index (χ2n) is 5.03. The zero-order valence-electron chi connectivity index (χ0n) is 11.4. The molecule has 1 aromatic rings. The Morgan fingerprint density at radius 1 is 1.22 bits per heavy atom. The maximum absolute atomic E-state index is 2.38. The van der Waals surface area contributed by atoms with Crippen LogP contribution >= 0.6 is 0 Å². The van der Waals surface area contributed by atoms with E-state index in [9.17, 15) is 0 Å². The molecule has 0 saturated heterocycles. The molecular weight excluding hydrogens is 216 g/mol. The smallest absolute Gasteiger partial charge is 0.0187 e. The fraction of sp³-hybridized carbons (Fsp3) is 0.333. The van der Waals surface area contributed by atoms with Crippen LogP contribution in [0.25, 0.3) is 5.57 Å². The first kappa shape index (κ1) is 12.9. The second-order valence-corrected chi connectivity index (χ2v) is 5.03. The summed E-state index contributed by atoms with van der Waals surface area (Å²) in [5.41, 5.74) is 4.03. The van der Waals surface area contributed by atoms with Gasteiger partial charge in [0.15, 0.2) is 0 Å². The van der Waals surface area contributed by atoms with Gasteiger partial charge < -0.3 is 0 Å². The van der Waals surface area contributed by atoms with Crippen molar-refractivity contribution in [3.05, 3.63) is 65.8 Å². The normalized spacial score (nSPS) is 19.2. The van der Waals surface area contributed by atoms with Crippen LogP contribution in [0.2, 0.25) is 0 Å². The molecule has 0 fully saturated rings. The second kappa shape index (κ2) is 6.39. The SMILES string of the molecule is C/C=C/CCC1C=CC(c2ccc(C)cc2)=CC1. The highest BCUT2D eigenvalue weighted by atomic mass is 14.1. The van der Waals surface area contributed by atoms with E-state index in [4.69, 9.17) is 0 Å². The first-order valence-corrected chi connectivity index (χ1v) is 6.86. The molecular formula is C18H22. The molecule has 0 heteroatoms. The van der Waals surface area contributed by atoms with Gasteiger partial charge in [-0.25, -0.2) is 0 Å². The summed E-state index contributed by atoms with van der Waals surface area (Å²) in [4.78, 5) is 0. The minimum Gasteiger partial charge on any atom is -0.0917 e. The quantitative estimate of drug-likeness (QED) is 0.623. The summed E-state index contributed by atoms with van der Waals surface area (Å²) < 4.78 is 0. The van der Waals surface area contributed by atoms with Gasteiger partial charge in [0.05, 0.1) is 0 Å². The molecule has 94 valence electrons. The summed E-state index contributed by atoms with van der Waals surface area (Å²) in [6.45, 7) is 4.22. The summed E-state index contributed by atoms with van der Waals surface area (Å²) in [6.07, 6.45) is 15.1. The molecule has 2 rings (SSSR count). The Labute approximate surface area is 111 Å². The molecule has 1 aliphatic carbocycles. The van der Waals surface area contributed by atoms with Gasteiger partial charge in [-0.1, -0.05) is 60.2 Å². The fourth-order valence-electron chi connectivity index (χ4n) is 2.32. The van der Waals surface area contributed by atoms with E-state index < -0.39 is 0 Å². The molecule has 0 N–H and O–H groups in total. The predicted molar refractivity (Wildman–Crippen MR) is 80.5 cm³/mol. The average molecular weight is 238 g/mol. The van der Waals surface area contributed by atoms with Gasteiger partial charge in [-0.15, -0.1) is 0 Å². The van der Waals surface area contributed by atoms with Gasteiger partial charge >= 0.3 is 0 Å². The summed E-state index contributed by atoms with van der Waals surface area (Å²) in [5.74, 6) is 0.718. The van der Waals surface area contributed by atoms with Crippen LogP contribution in [-0.2, 0) is 0 Å². The van der Waals surface area contributed by atoms with E-state index >= 15 is 0 Å². The number of hydrogen-bond donors (Lipinski definition) is 0. The van der Waals surface area contributed by atoms with E-state index in [-0.39, 0.29) is 0 Å². The number of allylic oxidation sites excluding steroid dienone is 6. The van der Waals surface area contributed by atoms with Gasteiger partial charge in [-0.05, 0) is 50.2 Å². The van der Waals surface area contributed by atoms with Crippen LogP contribution in [0, 0.1) is 12.8 Å². The van der Waals surface area contributed by atoms with Gasteiger partial charge in [0.25, 0.3) is 0 Å².